The third-order valence-corrected chi connectivity index (χ3v) is 4.94. The van der Waals surface area contributed by atoms with E-state index in [1.54, 1.807) is 18.9 Å². The number of rotatable bonds is 7. The van der Waals surface area contributed by atoms with Crippen LogP contribution in [0.25, 0.3) is 5.69 Å². The van der Waals surface area contributed by atoms with Crippen LogP contribution in [0.5, 0.6) is 5.75 Å². The number of aromatic nitrogens is 3. The molecule has 2 aromatic rings. The van der Waals surface area contributed by atoms with Crippen molar-refractivity contribution in [3.05, 3.63) is 30.1 Å². The largest absolute Gasteiger partial charge is 0.497 e. The van der Waals surface area contributed by atoms with Gasteiger partial charge < -0.3 is 15.2 Å². The van der Waals surface area contributed by atoms with Crippen LogP contribution in [-0.2, 0) is 11.3 Å². The van der Waals surface area contributed by atoms with Gasteiger partial charge in [0.2, 0.25) is 0 Å². The molecule has 6 nitrogen and oxygen atoms in total. The summed E-state index contributed by atoms with van der Waals surface area (Å²) in [4.78, 5) is 0. The quantitative estimate of drug-likeness (QED) is 0.783. The van der Waals surface area contributed by atoms with Gasteiger partial charge in [-0.25, -0.2) is 0 Å². The Labute approximate surface area is 140 Å². The fourth-order valence-electron chi connectivity index (χ4n) is 2.66. The van der Waals surface area contributed by atoms with Gasteiger partial charge in [0.25, 0.3) is 0 Å². The second kappa shape index (κ2) is 7.81. The Morgan fingerprint density at radius 1 is 1.43 bits per heavy atom. The highest BCUT2D eigenvalue weighted by Gasteiger charge is 2.17. The molecule has 1 saturated heterocycles. The van der Waals surface area contributed by atoms with Gasteiger partial charge in [-0.15, -0.1) is 10.2 Å². The minimum absolute atomic E-state index is 0.348. The molecule has 2 heterocycles. The maximum atomic E-state index is 5.82. The number of nitrogens with two attached hydrogens (primary N) is 1. The first-order valence-electron chi connectivity index (χ1n) is 7.81. The molecule has 1 fully saturated rings. The Morgan fingerprint density at radius 2 is 2.35 bits per heavy atom. The number of ether oxygens (including phenoxy) is 2. The highest BCUT2D eigenvalue weighted by atomic mass is 32.2. The van der Waals surface area contributed by atoms with Crippen molar-refractivity contribution < 1.29 is 9.47 Å². The van der Waals surface area contributed by atoms with Crippen LogP contribution in [-0.4, -0.2) is 40.8 Å². The topological polar surface area (TPSA) is 75.2 Å². The predicted octanol–water partition coefficient (Wildman–Crippen LogP) is 2.25. The number of hydrogen-bond donors (Lipinski definition) is 1. The van der Waals surface area contributed by atoms with Crippen LogP contribution in [0.3, 0.4) is 0 Å². The van der Waals surface area contributed by atoms with Gasteiger partial charge in [-0.2, -0.15) is 0 Å². The summed E-state index contributed by atoms with van der Waals surface area (Å²) >= 11 is 1.72. The van der Waals surface area contributed by atoms with Gasteiger partial charge in [0, 0.05) is 25.0 Å². The van der Waals surface area contributed by atoms with Crippen molar-refractivity contribution in [2.24, 2.45) is 11.7 Å². The maximum Gasteiger partial charge on any atom is 0.195 e. The molecule has 1 aromatic heterocycles. The molecule has 1 aliphatic heterocycles. The lowest BCUT2D eigenvalue weighted by Gasteiger charge is -2.11. The first kappa shape index (κ1) is 16.3. The molecule has 3 rings (SSSR count). The van der Waals surface area contributed by atoms with Gasteiger partial charge in [-0.05, 0) is 30.9 Å². The summed E-state index contributed by atoms with van der Waals surface area (Å²) in [6.07, 6.45) is 2.30. The monoisotopic (exact) mass is 334 g/mol. The highest BCUT2D eigenvalue weighted by Crippen LogP contribution is 2.27. The van der Waals surface area contributed by atoms with E-state index in [4.69, 9.17) is 15.2 Å². The number of nitrogens with zero attached hydrogens (tertiary/aromatic N) is 3. The van der Waals surface area contributed by atoms with Crippen LogP contribution in [0, 0.1) is 5.92 Å². The summed E-state index contributed by atoms with van der Waals surface area (Å²) in [7, 11) is 1.66. The van der Waals surface area contributed by atoms with E-state index >= 15 is 0 Å². The molecule has 2 N–H and O–H groups in total. The Bertz CT molecular complexity index is 641. The molecule has 0 unspecified atom stereocenters. The van der Waals surface area contributed by atoms with Crippen molar-refractivity contribution in [3.8, 4) is 11.4 Å². The average Bonchev–Trinajstić information content (AvgIpc) is 3.24. The maximum absolute atomic E-state index is 5.82. The Hall–Kier alpha value is -1.57. The Balaban J connectivity index is 1.76. The van der Waals surface area contributed by atoms with E-state index in [1.807, 2.05) is 28.8 Å². The molecule has 0 amide bonds. The molecule has 0 bridgehead atoms. The van der Waals surface area contributed by atoms with Crippen molar-refractivity contribution >= 4 is 11.8 Å². The zero-order valence-electron chi connectivity index (χ0n) is 13.3. The number of hydrogen-bond acceptors (Lipinski definition) is 6. The fraction of sp³-hybridized carbons (Fsp3) is 0.500. The molecule has 1 atom stereocenters. The van der Waals surface area contributed by atoms with E-state index < -0.39 is 0 Å². The lowest BCUT2D eigenvalue weighted by atomic mass is 10.1. The molecular weight excluding hydrogens is 312 g/mol. The van der Waals surface area contributed by atoms with Crippen LogP contribution >= 0.6 is 11.8 Å². The average molecular weight is 334 g/mol. The normalized spacial score (nSPS) is 17.6. The standard InChI is InChI=1S/C16H22N4O2S/c1-21-14-4-2-3-13(9-14)20-15(10-17)18-19-16(20)23-8-6-12-5-7-22-11-12/h2-4,9,12H,5-8,10-11,17H2,1H3/t12-/m0/s1. The molecule has 1 aliphatic rings. The number of benzene rings is 1. The molecule has 0 saturated carbocycles. The van der Waals surface area contributed by atoms with E-state index in [0.717, 1.165) is 54.2 Å². The van der Waals surface area contributed by atoms with Gasteiger partial charge in [-0.3, -0.25) is 4.57 Å². The summed E-state index contributed by atoms with van der Waals surface area (Å²) in [6.45, 7) is 2.13. The van der Waals surface area contributed by atoms with Gasteiger partial charge in [0.15, 0.2) is 11.0 Å². The van der Waals surface area contributed by atoms with E-state index in [9.17, 15) is 0 Å². The van der Waals surface area contributed by atoms with Crippen molar-refractivity contribution in [3.63, 3.8) is 0 Å². The zero-order chi connectivity index (χ0) is 16.1. The predicted molar refractivity (Wildman–Crippen MR) is 90.1 cm³/mol. The first-order chi connectivity index (χ1) is 11.3. The number of methoxy groups -OCH3 is 1. The third kappa shape index (κ3) is 3.85. The summed E-state index contributed by atoms with van der Waals surface area (Å²) in [5.74, 6) is 3.23. The molecule has 0 spiro atoms. The van der Waals surface area contributed by atoms with E-state index in [1.165, 1.54) is 0 Å². The van der Waals surface area contributed by atoms with E-state index in [0.29, 0.717) is 12.5 Å². The minimum atomic E-state index is 0.348. The summed E-state index contributed by atoms with van der Waals surface area (Å²) in [5, 5.41) is 9.40. The van der Waals surface area contributed by atoms with Gasteiger partial charge in [-0.1, -0.05) is 17.8 Å². The van der Waals surface area contributed by atoms with Crippen molar-refractivity contribution in [1.82, 2.24) is 14.8 Å². The fourth-order valence-corrected chi connectivity index (χ4v) is 3.73. The molecule has 23 heavy (non-hydrogen) atoms. The smallest absolute Gasteiger partial charge is 0.195 e. The van der Waals surface area contributed by atoms with Crippen LogP contribution in [0.4, 0.5) is 0 Å². The summed E-state index contributed by atoms with van der Waals surface area (Å²) < 4.78 is 12.7. The van der Waals surface area contributed by atoms with Gasteiger partial charge in [0.1, 0.15) is 5.75 Å². The molecule has 7 heteroatoms. The lowest BCUT2D eigenvalue weighted by Crippen LogP contribution is -2.08. The Kier molecular flexibility index (Phi) is 5.53. The second-order valence-corrected chi connectivity index (χ2v) is 6.57. The minimum Gasteiger partial charge on any atom is -0.497 e. The van der Waals surface area contributed by atoms with Crippen molar-refractivity contribution in [2.45, 2.75) is 24.5 Å². The Morgan fingerprint density at radius 3 is 3.09 bits per heavy atom. The number of thioether (sulfide) groups is 1. The SMILES string of the molecule is COc1cccc(-n2c(CN)nnc2SCC[C@@H]2CCOC2)c1. The highest BCUT2D eigenvalue weighted by molar-refractivity contribution is 7.99. The van der Waals surface area contributed by atoms with Crippen LogP contribution in [0.15, 0.2) is 29.4 Å². The third-order valence-electron chi connectivity index (χ3n) is 3.98. The zero-order valence-corrected chi connectivity index (χ0v) is 14.1. The first-order valence-corrected chi connectivity index (χ1v) is 8.79. The summed E-state index contributed by atoms with van der Waals surface area (Å²) in [5.41, 5.74) is 6.79. The molecule has 1 aromatic carbocycles. The molecular formula is C16H22N4O2S. The van der Waals surface area contributed by atoms with Crippen LogP contribution in [0.2, 0.25) is 0 Å². The van der Waals surface area contributed by atoms with Crippen molar-refractivity contribution in [1.29, 1.82) is 0 Å². The lowest BCUT2D eigenvalue weighted by molar-refractivity contribution is 0.185. The second-order valence-electron chi connectivity index (χ2n) is 5.51. The van der Waals surface area contributed by atoms with Crippen molar-refractivity contribution in [2.75, 3.05) is 26.1 Å². The summed E-state index contributed by atoms with van der Waals surface area (Å²) in [6, 6.07) is 7.86. The molecule has 0 aliphatic carbocycles. The molecule has 0 radical (unpaired) electrons. The van der Waals surface area contributed by atoms with Crippen LogP contribution < -0.4 is 10.5 Å². The van der Waals surface area contributed by atoms with E-state index in [2.05, 4.69) is 10.2 Å². The van der Waals surface area contributed by atoms with Gasteiger partial charge >= 0.3 is 0 Å². The van der Waals surface area contributed by atoms with E-state index in [-0.39, 0.29) is 0 Å². The molecule has 124 valence electrons. The van der Waals surface area contributed by atoms with Gasteiger partial charge in [0.05, 0.1) is 19.3 Å². The van der Waals surface area contributed by atoms with Crippen LogP contribution in [0.1, 0.15) is 18.7 Å².